The van der Waals surface area contributed by atoms with Gasteiger partial charge in [-0.15, -0.1) is 0 Å². The van der Waals surface area contributed by atoms with E-state index >= 15 is 0 Å². The zero-order valence-electron chi connectivity index (χ0n) is 15.9. The molecule has 3 atom stereocenters. The number of nitrogens with zero attached hydrogens (tertiary/aromatic N) is 1. The van der Waals surface area contributed by atoms with Crippen molar-refractivity contribution in [2.45, 2.75) is 59.0 Å². The Bertz CT molecular complexity index is 591. The van der Waals surface area contributed by atoms with Crippen LogP contribution in [0.1, 0.15) is 57.9 Å². The van der Waals surface area contributed by atoms with Crippen molar-refractivity contribution in [1.29, 1.82) is 0 Å². The van der Waals surface area contributed by atoms with Crippen molar-refractivity contribution < 1.29 is 4.74 Å². The van der Waals surface area contributed by atoms with Crippen LogP contribution in [0.3, 0.4) is 0 Å². The molecule has 0 N–H and O–H groups in total. The van der Waals surface area contributed by atoms with Crippen molar-refractivity contribution in [2.24, 2.45) is 22.2 Å². The van der Waals surface area contributed by atoms with Crippen LogP contribution in [0.4, 0.5) is 0 Å². The summed E-state index contributed by atoms with van der Waals surface area (Å²) in [4.78, 5) is 5.02. The summed E-state index contributed by atoms with van der Waals surface area (Å²) in [6.45, 7) is 7.17. The van der Waals surface area contributed by atoms with Gasteiger partial charge in [-0.3, -0.25) is 4.99 Å². The van der Waals surface area contributed by atoms with Crippen LogP contribution >= 0.6 is 0 Å². The van der Waals surface area contributed by atoms with Gasteiger partial charge in [-0.25, -0.2) is 0 Å². The number of ether oxygens (including phenoxy) is 1. The molecule has 2 aliphatic rings. The summed E-state index contributed by atoms with van der Waals surface area (Å²) >= 11 is 0. The van der Waals surface area contributed by atoms with E-state index in [9.17, 15) is 0 Å². The summed E-state index contributed by atoms with van der Waals surface area (Å²) in [7, 11) is 0. The first-order valence-electron chi connectivity index (χ1n) is 10.1. The van der Waals surface area contributed by atoms with Gasteiger partial charge in [0.15, 0.2) is 0 Å². The Balaban J connectivity index is 1.71. The molecule has 0 radical (unpaired) electrons. The number of unbranched alkanes of at least 4 members (excludes halogenated alkanes) is 1. The van der Waals surface area contributed by atoms with Crippen molar-refractivity contribution in [2.75, 3.05) is 13.2 Å². The molecule has 1 aromatic rings. The molecule has 25 heavy (non-hydrogen) atoms. The normalized spacial score (nSPS) is 29.0. The van der Waals surface area contributed by atoms with Gasteiger partial charge in [-0.05, 0) is 43.6 Å². The van der Waals surface area contributed by atoms with Crippen LogP contribution in [0, 0.1) is 17.3 Å². The lowest BCUT2D eigenvalue weighted by atomic mass is 9.60. The van der Waals surface area contributed by atoms with Crippen LogP contribution in [-0.4, -0.2) is 18.9 Å². The predicted octanol–water partition coefficient (Wildman–Crippen LogP) is 5.83. The minimum Gasteiger partial charge on any atom is -0.376 e. The number of rotatable bonds is 7. The Morgan fingerprint density at radius 1 is 1.20 bits per heavy atom. The largest absolute Gasteiger partial charge is 0.376 e. The number of aliphatic imine (C=N–C) groups is 1. The zero-order chi connectivity index (χ0) is 17.5. The van der Waals surface area contributed by atoms with Crippen LogP contribution in [0.5, 0.6) is 0 Å². The van der Waals surface area contributed by atoms with E-state index in [0.717, 1.165) is 13.2 Å². The van der Waals surface area contributed by atoms with E-state index in [1.807, 2.05) is 0 Å². The minimum absolute atomic E-state index is 0.248. The first kappa shape index (κ1) is 18.4. The van der Waals surface area contributed by atoms with E-state index in [0.29, 0.717) is 18.4 Å². The standard InChI is InChI=1S/C23H33NO/c1-3-4-11-22-23(14-8-15-24-22)16-19(2)12-13-21(23)18-25-17-20-9-6-5-7-10-20/h5-7,9-10,12-13,19,21H,3-4,8,11,14-18H2,1-2H3/t19-,21-,23+/m0/s1. The highest BCUT2D eigenvalue weighted by Crippen LogP contribution is 2.48. The average molecular weight is 340 g/mol. The summed E-state index contributed by atoms with van der Waals surface area (Å²) in [5, 5.41) is 0. The van der Waals surface area contributed by atoms with E-state index < -0.39 is 0 Å². The molecule has 2 nitrogen and oxygen atoms in total. The summed E-state index contributed by atoms with van der Waals surface area (Å²) in [6, 6.07) is 10.5. The second-order valence-corrected chi connectivity index (χ2v) is 7.87. The number of allylic oxidation sites excluding steroid dienone is 1. The van der Waals surface area contributed by atoms with Crippen molar-refractivity contribution in [1.82, 2.24) is 0 Å². The third-order valence-electron chi connectivity index (χ3n) is 5.90. The third-order valence-corrected chi connectivity index (χ3v) is 5.90. The Morgan fingerprint density at radius 3 is 2.84 bits per heavy atom. The molecular formula is C23H33NO. The molecule has 0 amide bonds. The molecular weight excluding hydrogens is 306 g/mol. The van der Waals surface area contributed by atoms with Gasteiger partial charge in [0.2, 0.25) is 0 Å². The highest BCUT2D eigenvalue weighted by Gasteiger charge is 2.45. The van der Waals surface area contributed by atoms with Gasteiger partial charge < -0.3 is 4.74 Å². The molecule has 0 saturated heterocycles. The van der Waals surface area contributed by atoms with E-state index in [2.05, 4.69) is 56.3 Å². The smallest absolute Gasteiger partial charge is 0.0717 e. The Labute approximate surface area is 153 Å². The number of hydrogen-bond donors (Lipinski definition) is 0. The quantitative estimate of drug-likeness (QED) is 0.573. The Kier molecular flexibility index (Phi) is 6.47. The molecule has 0 bridgehead atoms. The highest BCUT2D eigenvalue weighted by atomic mass is 16.5. The summed E-state index contributed by atoms with van der Waals surface area (Å²) in [5.41, 5.74) is 3.00. The zero-order valence-corrected chi connectivity index (χ0v) is 15.9. The van der Waals surface area contributed by atoms with E-state index in [4.69, 9.17) is 9.73 Å². The third kappa shape index (κ3) is 4.41. The van der Waals surface area contributed by atoms with Crippen molar-refractivity contribution >= 4 is 5.71 Å². The van der Waals surface area contributed by atoms with Gasteiger partial charge in [-0.2, -0.15) is 0 Å². The van der Waals surface area contributed by atoms with Gasteiger partial charge in [0, 0.05) is 23.6 Å². The first-order valence-corrected chi connectivity index (χ1v) is 10.1. The van der Waals surface area contributed by atoms with Crippen molar-refractivity contribution in [3.8, 4) is 0 Å². The average Bonchev–Trinajstić information content (AvgIpc) is 2.64. The second kappa shape index (κ2) is 8.80. The maximum atomic E-state index is 6.17. The van der Waals surface area contributed by atoms with E-state index in [1.54, 1.807) is 0 Å². The number of hydrogen-bond acceptors (Lipinski definition) is 2. The molecule has 0 unspecified atom stereocenters. The van der Waals surface area contributed by atoms with Crippen LogP contribution in [0.15, 0.2) is 47.5 Å². The molecule has 3 rings (SSSR count). The molecule has 136 valence electrons. The second-order valence-electron chi connectivity index (χ2n) is 7.87. The van der Waals surface area contributed by atoms with Gasteiger partial charge >= 0.3 is 0 Å². The summed E-state index contributed by atoms with van der Waals surface area (Å²) in [5.74, 6) is 1.12. The molecule has 0 aromatic heterocycles. The van der Waals surface area contributed by atoms with E-state index in [-0.39, 0.29) is 5.41 Å². The van der Waals surface area contributed by atoms with Crippen LogP contribution in [-0.2, 0) is 11.3 Å². The summed E-state index contributed by atoms with van der Waals surface area (Å²) in [6.07, 6.45) is 12.3. The molecule has 1 aliphatic carbocycles. The fourth-order valence-corrected chi connectivity index (χ4v) is 4.60. The molecule has 0 saturated carbocycles. The van der Waals surface area contributed by atoms with Gasteiger partial charge in [-0.1, -0.05) is 62.8 Å². The fourth-order valence-electron chi connectivity index (χ4n) is 4.60. The monoisotopic (exact) mass is 339 g/mol. The number of benzene rings is 1. The van der Waals surface area contributed by atoms with Crippen LogP contribution in [0.25, 0.3) is 0 Å². The van der Waals surface area contributed by atoms with Gasteiger partial charge in [0.25, 0.3) is 0 Å². The molecule has 1 heterocycles. The van der Waals surface area contributed by atoms with Gasteiger partial charge in [0.1, 0.15) is 0 Å². The van der Waals surface area contributed by atoms with Gasteiger partial charge in [0.05, 0.1) is 13.2 Å². The van der Waals surface area contributed by atoms with Crippen LogP contribution in [0.2, 0.25) is 0 Å². The maximum Gasteiger partial charge on any atom is 0.0717 e. The van der Waals surface area contributed by atoms with Crippen molar-refractivity contribution in [3.05, 3.63) is 48.0 Å². The Hall–Kier alpha value is -1.41. The Morgan fingerprint density at radius 2 is 2.04 bits per heavy atom. The van der Waals surface area contributed by atoms with Crippen LogP contribution < -0.4 is 0 Å². The minimum atomic E-state index is 0.248. The SMILES string of the molecule is CCCCC1=NCCC[C@]12C[C@@H](C)C=C[C@H]2COCc1ccccc1. The molecule has 2 heteroatoms. The molecule has 1 aromatic carbocycles. The lowest BCUT2D eigenvalue weighted by Crippen LogP contribution is -2.45. The molecule has 1 aliphatic heterocycles. The summed E-state index contributed by atoms with van der Waals surface area (Å²) < 4.78 is 6.17. The first-order chi connectivity index (χ1) is 12.2. The molecule has 1 spiro atoms. The van der Waals surface area contributed by atoms with Crippen molar-refractivity contribution in [3.63, 3.8) is 0 Å². The topological polar surface area (TPSA) is 21.6 Å². The highest BCUT2D eigenvalue weighted by molar-refractivity contribution is 5.91. The lowest BCUT2D eigenvalue weighted by Gasteiger charge is -2.46. The maximum absolute atomic E-state index is 6.17. The predicted molar refractivity (Wildman–Crippen MR) is 106 cm³/mol. The molecule has 0 fully saturated rings. The lowest BCUT2D eigenvalue weighted by molar-refractivity contribution is 0.0538. The fraction of sp³-hybridized carbons (Fsp3) is 0.609. The van der Waals surface area contributed by atoms with E-state index in [1.165, 1.54) is 49.8 Å².